The smallest absolute Gasteiger partial charge is 0.271 e. The summed E-state index contributed by atoms with van der Waals surface area (Å²) in [6, 6.07) is -0.225. The molecule has 2 heterocycles. The van der Waals surface area contributed by atoms with Crippen molar-refractivity contribution < 1.29 is 8.42 Å². The van der Waals surface area contributed by atoms with Gasteiger partial charge >= 0.3 is 0 Å². The first-order valence-corrected chi connectivity index (χ1v) is 6.88. The molecule has 1 aliphatic heterocycles. The van der Waals surface area contributed by atoms with Crippen LogP contribution in [0.15, 0.2) is 11.1 Å². The summed E-state index contributed by atoms with van der Waals surface area (Å²) in [5, 5.41) is 2.81. The number of aromatic amines is 1. The highest BCUT2D eigenvalue weighted by Crippen LogP contribution is 2.19. The second kappa shape index (κ2) is 4.06. The Morgan fingerprint density at radius 3 is 2.94 bits per heavy atom. The van der Waals surface area contributed by atoms with Gasteiger partial charge in [-0.1, -0.05) is 11.6 Å². The second-order valence-corrected chi connectivity index (χ2v) is 6.25. The number of rotatable bonds is 2. The molecule has 1 aliphatic rings. The van der Waals surface area contributed by atoms with E-state index in [1.807, 2.05) is 0 Å². The van der Waals surface area contributed by atoms with Crippen LogP contribution in [-0.4, -0.2) is 35.9 Å². The largest absolute Gasteiger partial charge is 0.365 e. The Hall–Kier alpha value is -1.08. The molecule has 2 rings (SSSR count). The summed E-state index contributed by atoms with van der Waals surface area (Å²) in [5.74, 6) is 0.441. The van der Waals surface area contributed by atoms with E-state index in [4.69, 9.17) is 11.6 Å². The minimum atomic E-state index is -2.96. The van der Waals surface area contributed by atoms with Crippen molar-refractivity contribution in [3.8, 4) is 0 Å². The molecule has 0 aromatic carbocycles. The van der Waals surface area contributed by atoms with Crippen LogP contribution in [0, 0.1) is 0 Å². The summed E-state index contributed by atoms with van der Waals surface area (Å²) in [5.41, 5.74) is -0.444. The molecule has 0 radical (unpaired) electrons. The Labute approximate surface area is 97.0 Å². The molecule has 1 aromatic rings. The molecule has 0 bridgehead atoms. The van der Waals surface area contributed by atoms with Crippen molar-refractivity contribution >= 4 is 27.3 Å². The maximum Gasteiger partial charge on any atom is 0.271 e. The van der Waals surface area contributed by atoms with Crippen LogP contribution < -0.4 is 10.9 Å². The lowest BCUT2D eigenvalue weighted by Gasteiger charge is -2.11. The zero-order valence-electron chi connectivity index (χ0n) is 8.23. The van der Waals surface area contributed by atoms with E-state index in [2.05, 4.69) is 15.3 Å². The van der Waals surface area contributed by atoms with Crippen LogP contribution in [-0.2, 0) is 9.84 Å². The third-order valence-electron chi connectivity index (χ3n) is 2.37. The minimum absolute atomic E-state index is 0.0493. The summed E-state index contributed by atoms with van der Waals surface area (Å²) < 4.78 is 22.4. The fourth-order valence-corrected chi connectivity index (χ4v) is 3.42. The van der Waals surface area contributed by atoms with Gasteiger partial charge in [-0.3, -0.25) is 4.79 Å². The first kappa shape index (κ1) is 11.4. The second-order valence-electron chi connectivity index (χ2n) is 3.64. The minimum Gasteiger partial charge on any atom is -0.365 e. The van der Waals surface area contributed by atoms with Crippen LogP contribution >= 0.6 is 11.6 Å². The Morgan fingerprint density at radius 1 is 1.56 bits per heavy atom. The summed E-state index contributed by atoms with van der Waals surface area (Å²) in [7, 11) is -2.96. The number of hydrogen-bond donors (Lipinski definition) is 2. The fraction of sp³-hybridized carbons (Fsp3) is 0.500. The molecule has 0 aliphatic carbocycles. The van der Waals surface area contributed by atoms with E-state index in [1.165, 1.54) is 6.33 Å². The molecular weight excluding hydrogens is 254 g/mol. The molecule has 1 saturated heterocycles. The monoisotopic (exact) mass is 263 g/mol. The molecule has 1 atom stereocenters. The van der Waals surface area contributed by atoms with Crippen LogP contribution in [0.25, 0.3) is 0 Å². The van der Waals surface area contributed by atoms with E-state index in [1.54, 1.807) is 0 Å². The van der Waals surface area contributed by atoms with Gasteiger partial charge in [-0.15, -0.1) is 0 Å². The summed E-state index contributed by atoms with van der Waals surface area (Å²) in [6.07, 6.45) is 1.73. The van der Waals surface area contributed by atoms with Gasteiger partial charge in [0.15, 0.2) is 15.7 Å². The van der Waals surface area contributed by atoms with Crippen LogP contribution in [0.1, 0.15) is 6.42 Å². The van der Waals surface area contributed by atoms with Crippen LogP contribution in [0.3, 0.4) is 0 Å². The topological polar surface area (TPSA) is 91.9 Å². The molecule has 1 aromatic heterocycles. The van der Waals surface area contributed by atoms with Crippen molar-refractivity contribution in [1.29, 1.82) is 0 Å². The van der Waals surface area contributed by atoms with E-state index in [9.17, 15) is 13.2 Å². The highest BCUT2D eigenvalue weighted by molar-refractivity contribution is 7.91. The molecule has 6 nitrogen and oxygen atoms in total. The quantitative estimate of drug-likeness (QED) is 0.785. The van der Waals surface area contributed by atoms with Crippen molar-refractivity contribution in [1.82, 2.24) is 9.97 Å². The molecule has 16 heavy (non-hydrogen) atoms. The number of hydrogen-bond acceptors (Lipinski definition) is 5. The van der Waals surface area contributed by atoms with Crippen LogP contribution in [0.2, 0.25) is 5.02 Å². The van der Waals surface area contributed by atoms with E-state index in [0.29, 0.717) is 6.42 Å². The Bertz CT molecular complexity index is 554. The Balaban J connectivity index is 2.17. The van der Waals surface area contributed by atoms with Crippen molar-refractivity contribution in [2.24, 2.45) is 0 Å². The third kappa shape index (κ3) is 2.35. The molecule has 88 valence electrons. The molecule has 1 fully saturated rings. The Kier molecular flexibility index (Phi) is 2.90. The van der Waals surface area contributed by atoms with Gasteiger partial charge in [0.25, 0.3) is 5.56 Å². The average Bonchev–Trinajstić information content (AvgIpc) is 2.53. The molecule has 0 spiro atoms. The van der Waals surface area contributed by atoms with Gasteiger partial charge in [0.2, 0.25) is 0 Å². The number of nitrogens with zero attached hydrogens (tertiary/aromatic N) is 1. The molecule has 8 heteroatoms. The van der Waals surface area contributed by atoms with E-state index >= 15 is 0 Å². The van der Waals surface area contributed by atoms with E-state index < -0.39 is 15.4 Å². The molecule has 2 N–H and O–H groups in total. The highest BCUT2D eigenvalue weighted by Gasteiger charge is 2.28. The Morgan fingerprint density at radius 2 is 2.31 bits per heavy atom. The van der Waals surface area contributed by atoms with Crippen LogP contribution in [0.4, 0.5) is 5.82 Å². The van der Waals surface area contributed by atoms with Crippen molar-refractivity contribution in [2.45, 2.75) is 12.5 Å². The van der Waals surface area contributed by atoms with Gasteiger partial charge in [0.1, 0.15) is 5.02 Å². The van der Waals surface area contributed by atoms with Gasteiger partial charge < -0.3 is 10.3 Å². The normalized spacial score (nSPS) is 23.2. The number of halogens is 1. The van der Waals surface area contributed by atoms with Gasteiger partial charge in [0, 0.05) is 6.04 Å². The lowest BCUT2D eigenvalue weighted by atomic mass is 10.2. The summed E-state index contributed by atoms with van der Waals surface area (Å²) >= 11 is 5.72. The third-order valence-corrected chi connectivity index (χ3v) is 4.49. The predicted molar refractivity (Wildman–Crippen MR) is 60.5 cm³/mol. The maximum atomic E-state index is 11.2. The lowest BCUT2D eigenvalue weighted by molar-refractivity contribution is 0.602. The number of anilines is 1. The van der Waals surface area contributed by atoms with Crippen molar-refractivity contribution in [2.75, 3.05) is 16.8 Å². The maximum absolute atomic E-state index is 11.2. The SMILES string of the molecule is O=c1[nH]cnc(NC2CCS(=O)(=O)C2)c1Cl. The van der Waals surface area contributed by atoms with Crippen molar-refractivity contribution in [3.05, 3.63) is 21.7 Å². The first-order chi connectivity index (χ1) is 7.48. The summed E-state index contributed by atoms with van der Waals surface area (Å²) in [4.78, 5) is 17.3. The number of nitrogens with one attached hydrogen (secondary N) is 2. The van der Waals surface area contributed by atoms with Crippen molar-refractivity contribution in [3.63, 3.8) is 0 Å². The predicted octanol–water partition coefficient (Wildman–Crippen LogP) is 0.0223. The zero-order valence-corrected chi connectivity index (χ0v) is 9.81. The van der Waals surface area contributed by atoms with Gasteiger partial charge in [-0.25, -0.2) is 13.4 Å². The number of H-pyrrole nitrogens is 1. The van der Waals surface area contributed by atoms with E-state index in [0.717, 1.165) is 0 Å². The van der Waals surface area contributed by atoms with E-state index in [-0.39, 0.29) is 28.4 Å². The van der Waals surface area contributed by atoms with Gasteiger partial charge in [-0.05, 0) is 6.42 Å². The highest BCUT2D eigenvalue weighted by atomic mass is 35.5. The standard InChI is InChI=1S/C8H10ClN3O3S/c9-6-7(10-4-11-8(6)13)12-5-1-2-16(14,15)3-5/h4-5H,1-3H2,(H2,10,11,12,13). The molecular formula is C8H10ClN3O3S. The number of aromatic nitrogens is 2. The summed E-state index contributed by atoms with van der Waals surface area (Å²) in [6.45, 7) is 0. The zero-order chi connectivity index (χ0) is 11.8. The fourth-order valence-electron chi connectivity index (χ4n) is 1.59. The number of sulfone groups is 1. The first-order valence-electron chi connectivity index (χ1n) is 4.68. The molecule has 0 amide bonds. The van der Waals surface area contributed by atoms with Gasteiger partial charge in [0.05, 0.1) is 17.8 Å². The lowest BCUT2D eigenvalue weighted by Crippen LogP contribution is -2.23. The van der Waals surface area contributed by atoms with Gasteiger partial charge in [-0.2, -0.15) is 0 Å². The molecule has 1 unspecified atom stereocenters. The average molecular weight is 264 g/mol. The van der Waals surface area contributed by atoms with Crippen LogP contribution in [0.5, 0.6) is 0 Å². The molecule has 0 saturated carbocycles.